The van der Waals surface area contributed by atoms with Crippen LogP contribution in [0.1, 0.15) is 30.5 Å². The highest BCUT2D eigenvalue weighted by Gasteiger charge is 2.19. The van der Waals surface area contributed by atoms with Gasteiger partial charge in [-0.25, -0.2) is 24.9 Å². The van der Waals surface area contributed by atoms with Crippen molar-refractivity contribution in [3.63, 3.8) is 0 Å². The van der Waals surface area contributed by atoms with E-state index in [9.17, 15) is 0 Å². The minimum Gasteiger partial charge on any atom is -0.398 e. The summed E-state index contributed by atoms with van der Waals surface area (Å²) in [6, 6.07) is 80.9. The molecule has 6 heteroatoms. The van der Waals surface area contributed by atoms with Crippen LogP contribution >= 0.6 is 0 Å². The molecule has 0 bridgehead atoms. The van der Waals surface area contributed by atoms with Gasteiger partial charge in [0.25, 0.3) is 0 Å². The number of fused-ring (bicyclic) bond motifs is 2. The van der Waals surface area contributed by atoms with Crippen LogP contribution in [0.4, 0.5) is 0 Å². The van der Waals surface area contributed by atoms with E-state index in [1.54, 1.807) is 0 Å². The van der Waals surface area contributed by atoms with E-state index in [1.165, 1.54) is 11.1 Å². The molecule has 0 fully saturated rings. The molecular formula is C65H48N6. The summed E-state index contributed by atoms with van der Waals surface area (Å²) < 4.78 is 0. The molecule has 0 saturated heterocycles. The third-order valence-corrected chi connectivity index (χ3v) is 12.9. The number of aliphatic imine (C=N–C) groups is 1. The first-order valence-electron chi connectivity index (χ1n) is 23.8. The van der Waals surface area contributed by atoms with Crippen LogP contribution in [0.15, 0.2) is 253 Å². The molecule has 2 N–H and O–H groups in total. The van der Waals surface area contributed by atoms with E-state index in [1.807, 2.05) is 98.8 Å². The molecule has 11 rings (SSSR count). The van der Waals surface area contributed by atoms with E-state index in [-0.39, 0.29) is 0 Å². The van der Waals surface area contributed by atoms with Gasteiger partial charge in [0, 0.05) is 33.5 Å². The second-order valence-corrected chi connectivity index (χ2v) is 17.4. The highest BCUT2D eigenvalue weighted by molar-refractivity contribution is 6.17. The Morgan fingerprint density at radius 2 is 0.634 bits per heavy atom. The Balaban J connectivity index is 0.964. The molecule has 9 aromatic carbocycles. The molecule has 0 unspecified atom stereocenters. The van der Waals surface area contributed by atoms with Crippen molar-refractivity contribution in [2.45, 2.75) is 13.8 Å². The van der Waals surface area contributed by atoms with Gasteiger partial charge < -0.3 is 5.73 Å². The summed E-state index contributed by atoms with van der Waals surface area (Å²) in [4.78, 5) is 26.2. The van der Waals surface area contributed by atoms with Crippen molar-refractivity contribution < 1.29 is 0 Å². The lowest BCUT2D eigenvalue weighted by Crippen LogP contribution is -2.10. The van der Waals surface area contributed by atoms with Gasteiger partial charge in [-0.15, -0.1) is 0 Å². The number of hydrogen-bond acceptors (Lipinski definition) is 6. The summed E-state index contributed by atoms with van der Waals surface area (Å²) in [6.07, 6.45) is 2.04. The van der Waals surface area contributed by atoms with Crippen molar-refractivity contribution in [2.75, 3.05) is 0 Å². The van der Waals surface area contributed by atoms with Gasteiger partial charge in [0.05, 0.1) is 56.3 Å². The molecule has 0 atom stereocenters. The van der Waals surface area contributed by atoms with Gasteiger partial charge in [0.2, 0.25) is 0 Å². The fourth-order valence-electron chi connectivity index (χ4n) is 9.04. The predicted octanol–water partition coefficient (Wildman–Crippen LogP) is 15.8. The highest BCUT2D eigenvalue weighted by Crippen LogP contribution is 2.36. The average Bonchev–Trinajstić information content (AvgIpc) is 3.45. The standard InChI is InChI=1S/C65H48N6/c1-3-55(48-21-11-6-12-22-48)67-61(50-39-41-54(42-40-50)65-63(69-57-24-14-16-26-59(57)71-65)52-35-29-47(30-36-52)45-19-9-5-10-20-45)43(2)60(66)49-31-37-53(38-32-49)64-62(68-56-23-13-15-25-58(56)70-64)51-33-27-46(28-34-51)44-17-7-4-8-18-44/h3-42H,66H2,1-2H3/b55-3-,60-43-,67-61+. The molecule has 2 aromatic heterocycles. The van der Waals surface area contributed by atoms with Crippen molar-refractivity contribution in [1.29, 1.82) is 0 Å². The molecule has 0 aliphatic carbocycles. The van der Waals surface area contributed by atoms with Crippen LogP contribution in [0.2, 0.25) is 0 Å². The number of nitrogens with zero attached hydrogens (tertiary/aromatic N) is 5. The summed E-state index contributed by atoms with van der Waals surface area (Å²) in [6.45, 7) is 4.06. The number of benzene rings is 9. The average molecular weight is 913 g/mol. The number of para-hydroxylation sites is 4. The van der Waals surface area contributed by atoms with Crippen LogP contribution in [0.5, 0.6) is 0 Å². The van der Waals surface area contributed by atoms with Crippen LogP contribution in [0.3, 0.4) is 0 Å². The zero-order valence-electron chi connectivity index (χ0n) is 39.4. The van der Waals surface area contributed by atoms with Crippen LogP contribution < -0.4 is 5.73 Å². The van der Waals surface area contributed by atoms with Crippen molar-refractivity contribution >= 4 is 39.2 Å². The Morgan fingerprint density at radius 3 is 1.00 bits per heavy atom. The van der Waals surface area contributed by atoms with E-state index in [2.05, 4.69) is 158 Å². The lowest BCUT2D eigenvalue weighted by Gasteiger charge is -2.16. The van der Waals surface area contributed by atoms with Crippen molar-refractivity contribution in [3.8, 4) is 67.3 Å². The van der Waals surface area contributed by atoms with Crippen LogP contribution in [0, 0.1) is 0 Å². The maximum Gasteiger partial charge on any atom is 0.0973 e. The molecule has 0 aliphatic rings. The molecule has 338 valence electrons. The number of nitrogens with two attached hydrogens (primary N) is 1. The van der Waals surface area contributed by atoms with Gasteiger partial charge >= 0.3 is 0 Å². The second kappa shape index (κ2) is 19.7. The zero-order valence-corrected chi connectivity index (χ0v) is 39.4. The molecule has 0 amide bonds. The quantitative estimate of drug-likeness (QED) is 0.131. The normalized spacial score (nSPS) is 12.3. The summed E-state index contributed by atoms with van der Waals surface area (Å²) in [5, 5.41) is 0. The highest BCUT2D eigenvalue weighted by atomic mass is 14.8. The van der Waals surface area contributed by atoms with Gasteiger partial charge in [0.1, 0.15) is 0 Å². The fraction of sp³-hybridized carbons (Fsp3) is 0.0308. The first-order chi connectivity index (χ1) is 35.0. The second-order valence-electron chi connectivity index (χ2n) is 17.4. The maximum atomic E-state index is 7.22. The molecule has 71 heavy (non-hydrogen) atoms. The minimum atomic E-state index is 0.617. The molecule has 0 spiro atoms. The predicted molar refractivity (Wildman–Crippen MR) is 295 cm³/mol. The molecule has 11 aromatic rings. The SMILES string of the molecule is C\C=C(/N=C(\C(C)=C(/N)c1ccc(-c2nc3ccccc3nc2-c2ccc(-c3ccccc3)cc2)cc1)c1ccc(-c2nc3ccccc3nc2-c2ccc(-c3ccccc3)cc2)cc1)c1ccccc1. The largest absolute Gasteiger partial charge is 0.398 e. The lowest BCUT2D eigenvalue weighted by atomic mass is 9.95. The van der Waals surface area contributed by atoms with Crippen molar-refractivity contribution in [2.24, 2.45) is 10.7 Å². The number of aromatic nitrogens is 4. The molecule has 2 heterocycles. The molecule has 0 saturated carbocycles. The van der Waals surface area contributed by atoms with Gasteiger partial charge in [-0.05, 0) is 77.1 Å². The third-order valence-electron chi connectivity index (χ3n) is 12.9. The van der Waals surface area contributed by atoms with Crippen LogP contribution in [0.25, 0.3) is 101 Å². The smallest absolute Gasteiger partial charge is 0.0973 e. The van der Waals surface area contributed by atoms with Crippen LogP contribution in [-0.2, 0) is 0 Å². The first kappa shape index (κ1) is 44.1. The maximum absolute atomic E-state index is 7.22. The Morgan fingerprint density at radius 1 is 0.338 bits per heavy atom. The van der Waals surface area contributed by atoms with Gasteiger partial charge in [-0.3, -0.25) is 0 Å². The lowest BCUT2D eigenvalue weighted by molar-refractivity contribution is 1.29. The van der Waals surface area contributed by atoms with Crippen molar-refractivity contribution in [1.82, 2.24) is 19.9 Å². The third kappa shape index (κ3) is 9.18. The van der Waals surface area contributed by atoms with E-state index in [4.69, 9.17) is 30.7 Å². The monoisotopic (exact) mass is 912 g/mol. The Labute approximate surface area is 414 Å². The zero-order chi connectivity index (χ0) is 48.1. The van der Waals surface area contributed by atoms with E-state index in [0.717, 1.165) is 112 Å². The summed E-state index contributed by atoms with van der Waals surface area (Å²) >= 11 is 0. The number of hydrogen-bond donors (Lipinski definition) is 1. The Bertz CT molecular complexity index is 3770. The minimum absolute atomic E-state index is 0.617. The van der Waals surface area contributed by atoms with Gasteiger partial charge in [-0.2, -0.15) is 0 Å². The van der Waals surface area contributed by atoms with E-state index in [0.29, 0.717) is 5.70 Å². The fourth-order valence-corrected chi connectivity index (χ4v) is 9.04. The number of rotatable bonds is 11. The van der Waals surface area contributed by atoms with E-state index < -0.39 is 0 Å². The summed E-state index contributed by atoms with van der Waals surface area (Å²) in [5.41, 5.74) is 28.1. The first-order valence-corrected chi connectivity index (χ1v) is 23.8. The van der Waals surface area contributed by atoms with E-state index >= 15 is 0 Å². The molecule has 0 radical (unpaired) electrons. The summed E-state index contributed by atoms with van der Waals surface area (Å²) in [5.74, 6) is 0. The summed E-state index contributed by atoms with van der Waals surface area (Å²) in [7, 11) is 0. The van der Waals surface area contributed by atoms with Gasteiger partial charge in [-0.1, -0.05) is 218 Å². The molecular weight excluding hydrogens is 865 g/mol. The number of allylic oxidation sites excluding steroid dienone is 2. The topological polar surface area (TPSA) is 89.9 Å². The Hall–Kier alpha value is -9.39. The molecule has 0 aliphatic heterocycles. The Kier molecular flexibility index (Phi) is 12.2. The van der Waals surface area contributed by atoms with Crippen LogP contribution in [-0.4, -0.2) is 25.6 Å². The molecule has 6 nitrogen and oxygen atoms in total. The van der Waals surface area contributed by atoms with Gasteiger partial charge in [0.15, 0.2) is 0 Å². The van der Waals surface area contributed by atoms with Crippen molar-refractivity contribution in [3.05, 3.63) is 265 Å².